The number of urea groups is 1. The van der Waals surface area contributed by atoms with Crippen molar-refractivity contribution < 1.29 is 9.59 Å². The number of nitrogens with zero attached hydrogens (tertiary/aromatic N) is 2. The van der Waals surface area contributed by atoms with Crippen LogP contribution in [0, 0.1) is 6.92 Å². The number of hydrogen-bond acceptors (Lipinski definition) is 3. The molecule has 1 aromatic carbocycles. The summed E-state index contributed by atoms with van der Waals surface area (Å²) in [5.41, 5.74) is 1.91. The van der Waals surface area contributed by atoms with Gasteiger partial charge >= 0.3 is 6.03 Å². The van der Waals surface area contributed by atoms with Crippen molar-refractivity contribution in [3.8, 4) is 0 Å². The summed E-state index contributed by atoms with van der Waals surface area (Å²) in [6, 6.07) is 11.1. The zero-order chi connectivity index (χ0) is 16.4. The van der Waals surface area contributed by atoms with Crippen molar-refractivity contribution in [3.05, 3.63) is 65.5 Å². The Labute approximate surface area is 135 Å². The quantitative estimate of drug-likeness (QED) is 0.882. The van der Waals surface area contributed by atoms with Gasteiger partial charge in [-0.05, 0) is 37.5 Å². The maximum atomic E-state index is 12.8. The number of carbonyl (C=O) groups is 2. The molecule has 0 radical (unpaired) electrons. The molecular formula is C18H19N3O2. The lowest BCUT2D eigenvalue weighted by molar-refractivity contribution is -0.131. The predicted molar refractivity (Wildman–Crippen MR) is 86.7 cm³/mol. The standard InChI is InChI=1S/C18H19N3O2/c1-13-5-7-15(8-6-13)18(2)16(22)21(17(23)20-18)11-9-14-4-3-10-19-12-14/h3-8,10,12H,9,11H2,1-2H3,(H,20,23)/t18-/m1/s1. The molecule has 118 valence electrons. The number of aromatic nitrogens is 1. The molecule has 1 fully saturated rings. The molecule has 5 heteroatoms. The Kier molecular flexibility index (Phi) is 3.86. The van der Waals surface area contributed by atoms with E-state index in [4.69, 9.17) is 0 Å². The molecule has 2 aromatic rings. The van der Waals surface area contributed by atoms with Gasteiger partial charge in [-0.25, -0.2) is 4.79 Å². The fourth-order valence-corrected chi connectivity index (χ4v) is 2.77. The van der Waals surface area contributed by atoms with Crippen LogP contribution in [0.15, 0.2) is 48.8 Å². The molecule has 1 N–H and O–H groups in total. The second-order valence-electron chi connectivity index (χ2n) is 5.99. The van der Waals surface area contributed by atoms with E-state index in [1.54, 1.807) is 19.3 Å². The van der Waals surface area contributed by atoms with Crippen LogP contribution in [0.5, 0.6) is 0 Å². The first-order chi connectivity index (χ1) is 11.0. The lowest BCUT2D eigenvalue weighted by Gasteiger charge is -2.22. The summed E-state index contributed by atoms with van der Waals surface area (Å²) in [6.45, 7) is 4.08. The van der Waals surface area contributed by atoms with Crippen LogP contribution in [-0.4, -0.2) is 28.4 Å². The fraction of sp³-hybridized carbons (Fsp3) is 0.278. The first kappa shape index (κ1) is 15.2. The molecule has 0 unspecified atom stereocenters. The SMILES string of the molecule is Cc1ccc([C@@]2(C)NC(=O)N(CCc3cccnc3)C2=O)cc1. The summed E-state index contributed by atoms with van der Waals surface area (Å²) in [4.78, 5) is 30.3. The number of benzene rings is 1. The summed E-state index contributed by atoms with van der Waals surface area (Å²) in [5, 5.41) is 2.82. The molecule has 3 amide bonds. The Morgan fingerprint density at radius 1 is 1.17 bits per heavy atom. The third kappa shape index (κ3) is 2.82. The van der Waals surface area contributed by atoms with Crippen LogP contribution in [0.25, 0.3) is 0 Å². The summed E-state index contributed by atoms with van der Waals surface area (Å²) in [7, 11) is 0. The van der Waals surface area contributed by atoms with Gasteiger partial charge in [0, 0.05) is 18.9 Å². The molecule has 0 aliphatic carbocycles. The maximum Gasteiger partial charge on any atom is 0.325 e. The van der Waals surface area contributed by atoms with Crippen LogP contribution in [0.1, 0.15) is 23.6 Å². The average molecular weight is 309 g/mol. The van der Waals surface area contributed by atoms with Gasteiger partial charge < -0.3 is 5.32 Å². The zero-order valence-electron chi connectivity index (χ0n) is 13.2. The van der Waals surface area contributed by atoms with E-state index in [-0.39, 0.29) is 11.9 Å². The molecule has 0 saturated carbocycles. The van der Waals surface area contributed by atoms with Gasteiger partial charge in [0.05, 0.1) is 0 Å². The topological polar surface area (TPSA) is 62.3 Å². The number of nitrogens with one attached hydrogen (secondary N) is 1. The van der Waals surface area contributed by atoms with Crippen LogP contribution in [0.3, 0.4) is 0 Å². The Bertz CT molecular complexity index is 728. The van der Waals surface area contributed by atoms with Gasteiger partial charge in [0.1, 0.15) is 5.54 Å². The number of carbonyl (C=O) groups excluding carboxylic acids is 2. The van der Waals surface area contributed by atoms with E-state index < -0.39 is 5.54 Å². The maximum absolute atomic E-state index is 12.8. The zero-order valence-corrected chi connectivity index (χ0v) is 13.2. The largest absolute Gasteiger partial charge is 0.325 e. The third-order valence-electron chi connectivity index (χ3n) is 4.25. The second kappa shape index (κ2) is 5.83. The minimum Gasteiger partial charge on any atom is -0.319 e. The number of amides is 3. The number of pyridine rings is 1. The van der Waals surface area contributed by atoms with Crippen molar-refractivity contribution in [2.45, 2.75) is 25.8 Å². The van der Waals surface area contributed by atoms with Crippen molar-refractivity contribution in [2.75, 3.05) is 6.54 Å². The average Bonchev–Trinajstić information content (AvgIpc) is 2.77. The van der Waals surface area contributed by atoms with Gasteiger partial charge in [0.25, 0.3) is 5.91 Å². The van der Waals surface area contributed by atoms with Crippen molar-refractivity contribution in [2.24, 2.45) is 0 Å². The van der Waals surface area contributed by atoms with Crippen LogP contribution < -0.4 is 5.32 Å². The van der Waals surface area contributed by atoms with Gasteiger partial charge in [-0.1, -0.05) is 35.9 Å². The third-order valence-corrected chi connectivity index (χ3v) is 4.25. The Hall–Kier alpha value is -2.69. The van der Waals surface area contributed by atoms with Crippen molar-refractivity contribution in [1.82, 2.24) is 15.2 Å². The van der Waals surface area contributed by atoms with Crippen molar-refractivity contribution in [1.29, 1.82) is 0 Å². The van der Waals surface area contributed by atoms with E-state index in [1.165, 1.54) is 4.90 Å². The normalized spacial score (nSPS) is 20.7. The number of rotatable bonds is 4. The minimum atomic E-state index is -1.00. The van der Waals surface area contributed by atoms with E-state index in [2.05, 4.69) is 10.3 Å². The minimum absolute atomic E-state index is 0.213. The van der Waals surface area contributed by atoms with Gasteiger partial charge in [-0.2, -0.15) is 0 Å². The molecular weight excluding hydrogens is 290 g/mol. The van der Waals surface area contributed by atoms with E-state index >= 15 is 0 Å². The van der Waals surface area contributed by atoms with Gasteiger partial charge in [-0.15, -0.1) is 0 Å². The van der Waals surface area contributed by atoms with Crippen LogP contribution in [0.2, 0.25) is 0 Å². The lowest BCUT2D eigenvalue weighted by Crippen LogP contribution is -2.41. The number of aryl methyl sites for hydroxylation is 1. The molecule has 1 atom stereocenters. The molecule has 1 aliphatic heterocycles. The molecule has 0 bridgehead atoms. The second-order valence-corrected chi connectivity index (χ2v) is 5.99. The first-order valence-electron chi connectivity index (χ1n) is 7.61. The number of imide groups is 1. The monoisotopic (exact) mass is 309 g/mol. The van der Waals surface area contributed by atoms with Crippen molar-refractivity contribution in [3.63, 3.8) is 0 Å². The van der Waals surface area contributed by atoms with Crippen molar-refractivity contribution >= 4 is 11.9 Å². The van der Waals surface area contributed by atoms with E-state index in [0.29, 0.717) is 13.0 Å². The number of hydrogen-bond donors (Lipinski definition) is 1. The highest BCUT2D eigenvalue weighted by Crippen LogP contribution is 2.29. The highest BCUT2D eigenvalue weighted by Gasteiger charge is 2.48. The highest BCUT2D eigenvalue weighted by molar-refractivity contribution is 6.07. The van der Waals surface area contributed by atoms with Gasteiger partial charge in [-0.3, -0.25) is 14.7 Å². The fourth-order valence-electron chi connectivity index (χ4n) is 2.77. The van der Waals surface area contributed by atoms with E-state index in [0.717, 1.165) is 16.7 Å². The van der Waals surface area contributed by atoms with Crippen LogP contribution in [-0.2, 0) is 16.8 Å². The molecule has 1 aromatic heterocycles. The van der Waals surface area contributed by atoms with E-state index in [9.17, 15) is 9.59 Å². The molecule has 2 heterocycles. The molecule has 1 saturated heterocycles. The molecule has 3 rings (SSSR count). The Morgan fingerprint density at radius 3 is 2.57 bits per heavy atom. The summed E-state index contributed by atoms with van der Waals surface area (Å²) < 4.78 is 0. The molecule has 0 spiro atoms. The van der Waals surface area contributed by atoms with Crippen LogP contribution >= 0.6 is 0 Å². The lowest BCUT2D eigenvalue weighted by atomic mass is 9.91. The summed E-state index contributed by atoms with van der Waals surface area (Å²) >= 11 is 0. The van der Waals surface area contributed by atoms with Gasteiger partial charge in [0.15, 0.2) is 0 Å². The Morgan fingerprint density at radius 2 is 1.91 bits per heavy atom. The first-order valence-corrected chi connectivity index (χ1v) is 7.61. The Balaban J connectivity index is 1.78. The summed E-state index contributed by atoms with van der Waals surface area (Å²) in [6.07, 6.45) is 4.04. The highest BCUT2D eigenvalue weighted by atomic mass is 16.2. The molecule has 1 aliphatic rings. The molecule has 5 nitrogen and oxygen atoms in total. The predicted octanol–water partition coefficient (Wildman–Crippen LogP) is 2.40. The smallest absolute Gasteiger partial charge is 0.319 e. The van der Waals surface area contributed by atoms with Gasteiger partial charge in [0.2, 0.25) is 0 Å². The molecule has 23 heavy (non-hydrogen) atoms. The van der Waals surface area contributed by atoms with E-state index in [1.807, 2.05) is 43.3 Å². The summed E-state index contributed by atoms with van der Waals surface area (Å²) in [5.74, 6) is -0.213. The van der Waals surface area contributed by atoms with Crippen LogP contribution in [0.4, 0.5) is 4.79 Å².